The molecule has 0 saturated carbocycles. The van der Waals surface area contributed by atoms with Crippen molar-refractivity contribution in [3.05, 3.63) is 42.6 Å². The van der Waals surface area contributed by atoms with Crippen LogP contribution in [0.4, 0.5) is 0 Å². The fourth-order valence-corrected chi connectivity index (χ4v) is 3.52. The molecule has 4 aromatic rings. The number of hydrogen-bond donors (Lipinski definition) is 2. The summed E-state index contributed by atoms with van der Waals surface area (Å²) in [4.78, 5) is 0. The van der Waals surface area contributed by atoms with Crippen LogP contribution in [0.1, 0.15) is 0 Å². The highest BCUT2D eigenvalue weighted by atomic mass is 35.5. The lowest BCUT2D eigenvalue weighted by Gasteiger charge is -2.08. The van der Waals surface area contributed by atoms with Gasteiger partial charge >= 0.3 is 0 Å². The normalized spacial score (nSPS) is 12.7. The van der Waals surface area contributed by atoms with Gasteiger partial charge in [-0.25, -0.2) is 0 Å². The molecule has 0 fully saturated rings. The lowest BCUT2D eigenvalue weighted by Crippen LogP contribution is -3.00. The zero-order chi connectivity index (χ0) is 16.4. The molecule has 2 heterocycles. The minimum atomic E-state index is -0.119. The second kappa shape index (κ2) is 5.29. The highest BCUT2D eigenvalue weighted by Crippen LogP contribution is 2.40. The average molecular weight is 356 g/mol. The Kier molecular flexibility index (Phi) is 3.30. The minimum absolute atomic E-state index is 0. The van der Waals surface area contributed by atoms with E-state index in [4.69, 9.17) is 9.47 Å². The maximum Gasteiger partial charge on any atom is 0.231 e. The smallest absolute Gasteiger partial charge is 0.231 e. The number of nitrogens with zero attached hydrogens (tertiary/aromatic N) is 1. The van der Waals surface area contributed by atoms with Gasteiger partial charge in [-0.2, -0.15) is 4.57 Å². The van der Waals surface area contributed by atoms with Crippen molar-refractivity contribution in [1.82, 2.24) is 0 Å². The lowest BCUT2D eigenvalue weighted by molar-refractivity contribution is -0.642. The SMILES string of the molecule is C[n+]1cc2c(O)c(O)ccc2c2ccc3cc4c(cc3c21)OCO4.[Cl-]. The molecule has 126 valence electrons. The molecule has 25 heavy (non-hydrogen) atoms. The molecule has 0 amide bonds. The molecule has 5 rings (SSSR count). The first-order valence-corrected chi connectivity index (χ1v) is 7.63. The minimum Gasteiger partial charge on any atom is -1.00 e. The number of halogens is 1. The second-order valence-corrected chi connectivity index (χ2v) is 6.02. The van der Waals surface area contributed by atoms with Crippen LogP contribution in [0.5, 0.6) is 23.0 Å². The number of pyridine rings is 1. The van der Waals surface area contributed by atoms with E-state index in [1.165, 1.54) is 6.07 Å². The predicted molar refractivity (Wildman–Crippen MR) is 89.6 cm³/mol. The summed E-state index contributed by atoms with van der Waals surface area (Å²) in [6, 6.07) is 11.4. The van der Waals surface area contributed by atoms with Crippen LogP contribution in [0.3, 0.4) is 0 Å². The van der Waals surface area contributed by atoms with Gasteiger partial charge in [0.05, 0.1) is 16.2 Å². The third-order valence-electron chi connectivity index (χ3n) is 4.65. The number of hydrogen-bond acceptors (Lipinski definition) is 4. The van der Waals surface area contributed by atoms with Gasteiger partial charge in [0, 0.05) is 5.39 Å². The largest absolute Gasteiger partial charge is 1.00 e. The summed E-state index contributed by atoms with van der Waals surface area (Å²) in [5.74, 6) is 1.28. The number of benzene rings is 3. The standard InChI is InChI=1S/C19H13NO4.ClH/c1-20-8-14-11(4-5-15(21)19(14)22)12-3-2-10-6-16-17(24-9-23-16)7-13(10)18(12)20;/h2-8,21H,9H2,1H3;1H. The molecule has 0 saturated heterocycles. The number of phenolic OH excluding ortho intramolecular Hbond substituents is 2. The number of aryl methyl sites for hydroxylation is 1. The molecule has 0 spiro atoms. The predicted octanol–water partition coefficient (Wildman–Crippen LogP) is 0.115. The van der Waals surface area contributed by atoms with E-state index in [1.807, 2.05) is 48.1 Å². The number of phenols is 2. The molecular weight excluding hydrogens is 342 g/mol. The van der Waals surface area contributed by atoms with Crippen LogP contribution in [0.25, 0.3) is 32.4 Å². The van der Waals surface area contributed by atoms with Crippen molar-refractivity contribution >= 4 is 32.4 Å². The number of ether oxygens (including phenoxy) is 2. The van der Waals surface area contributed by atoms with Crippen molar-refractivity contribution in [2.24, 2.45) is 7.05 Å². The number of aromatic hydroxyl groups is 2. The van der Waals surface area contributed by atoms with Crippen molar-refractivity contribution in [3.8, 4) is 23.0 Å². The first-order chi connectivity index (χ1) is 11.6. The van der Waals surface area contributed by atoms with Crippen molar-refractivity contribution in [2.45, 2.75) is 0 Å². The number of rotatable bonds is 0. The summed E-state index contributed by atoms with van der Waals surface area (Å²) in [5.41, 5.74) is 1.03. The van der Waals surface area contributed by atoms with E-state index in [-0.39, 0.29) is 30.7 Å². The van der Waals surface area contributed by atoms with E-state index >= 15 is 0 Å². The summed E-state index contributed by atoms with van der Waals surface area (Å²) in [6.45, 7) is 0.242. The molecule has 2 N–H and O–H groups in total. The fraction of sp³-hybridized carbons (Fsp3) is 0.105. The van der Waals surface area contributed by atoms with E-state index in [0.29, 0.717) is 5.39 Å². The van der Waals surface area contributed by atoms with Crippen LogP contribution in [0.2, 0.25) is 0 Å². The van der Waals surface area contributed by atoms with Gasteiger partial charge in [0.15, 0.2) is 29.2 Å². The molecule has 0 aliphatic carbocycles. The Hall–Kier alpha value is -2.92. The Morgan fingerprint density at radius 1 is 0.880 bits per heavy atom. The Bertz CT molecular complexity index is 1170. The van der Waals surface area contributed by atoms with Gasteiger partial charge in [-0.15, -0.1) is 0 Å². The first kappa shape index (κ1) is 15.6. The van der Waals surface area contributed by atoms with Crippen LogP contribution in [-0.4, -0.2) is 17.0 Å². The van der Waals surface area contributed by atoms with Gasteiger partial charge in [0.1, 0.15) is 7.05 Å². The van der Waals surface area contributed by atoms with E-state index in [0.717, 1.165) is 38.6 Å². The van der Waals surface area contributed by atoms with Gasteiger partial charge in [0.25, 0.3) is 0 Å². The average Bonchev–Trinajstić information content (AvgIpc) is 3.03. The molecule has 1 aromatic heterocycles. The molecule has 1 aliphatic rings. The third-order valence-corrected chi connectivity index (χ3v) is 4.65. The Morgan fingerprint density at radius 2 is 1.60 bits per heavy atom. The van der Waals surface area contributed by atoms with Crippen molar-refractivity contribution in [3.63, 3.8) is 0 Å². The summed E-state index contributed by atoms with van der Waals surface area (Å²) >= 11 is 0. The number of fused-ring (bicyclic) bond motifs is 6. The maximum absolute atomic E-state index is 10.2. The van der Waals surface area contributed by atoms with Gasteiger partial charge < -0.3 is 32.1 Å². The molecule has 3 aromatic carbocycles. The van der Waals surface area contributed by atoms with Crippen LogP contribution in [-0.2, 0) is 7.05 Å². The van der Waals surface area contributed by atoms with Gasteiger partial charge in [-0.05, 0) is 35.7 Å². The zero-order valence-electron chi connectivity index (χ0n) is 13.3. The first-order valence-electron chi connectivity index (χ1n) is 7.63. The monoisotopic (exact) mass is 355 g/mol. The molecule has 0 radical (unpaired) electrons. The third kappa shape index (κ3) is 2.06. The highest BCUT2D eigenvalue weighted by molar-refractivity contribution is 6.15. The van der Waals surface area contributed by atoms with Crippen LogP contribution < -0.4 is 26.4 Å². The maximum atomic E-state index is 10.2. The molecular formula is C19H14ClNO4. The van der Waals surface area contributed by atoms with E-state index in [1.54, 1.807) is 0 Å². The summed E-state index contributed by atoms with van der Waals surface area (Å²) in [7, 11) is 1.93. The Morgan fingerprint density at radius 3 is 2.40 bits per heavy atom. The van der Waals surface area contributed by atoms with Gasteiger partial charge in [0.2, 0.25) is 12.3 Å². The fourth-order valence-electron chi connectivity index (χ4n) is 3.52. The highest BCUT2D eigenvalue weighted by Gasteiger charge is 2.21. The van der Waals surface area contributed by atoms with Crippen LogP contribution >= 0.6 is 0 Å². The second-order valence-electron chi connectivity index (χ2n) is 6.02. The van der Waals surface area contributed by atoms with E-state index < -0.39 is 0 Å². The Labute approximate surface area is 149 Å². The molecule has 0 atom stereocenters. The Balaban J connectivity index is 0.00000157. The number of aromatic nitrogens is 1. The molecule has 1 aliphatic heterocycles. The molecule has 0 bridgehead atoms. The molecule has 0 unspecified atom stereocenters. The van der Waals surface area contributed by atoms with Gasteiger partial charge in [-0.1, -0.05) is 6.07 Å². The summed E-state index contributed by atoms with van der Waals surface area (Å²) < 4.78 is 12.9. The summed E-state index contributed by atoms with van der Waals surface area (Å²) in [5, 5.41) is 24.6. The quantitative estimate of drug-likeness (QED) is 0.267. The molecule has 5 nitrogen and oxygen atoms in total. The van der Waals surface area contributed by atoms with Crippen molar-refractivity contribution in [2.75, 3.05) is 6.79 Å². The van der Waals surface area contributed by atoms with Crippen molar-refractivity contribution in [1.29, 1.82) is 0 Å². The van der Waals surface area contributed by atoms with Crippen molar-refractivity contribution < 1.29 is 36.7 Å². The van der Waals surface area contributed by atoms with E-state index in [9.17, 15) is 10.2 Å². The van der Waals surface area contributed by atoms with E-state index in [2.05, 4.69) is 0 Å². The lowest BCUT2D eigenvalue weighted by atomic mass is 10.00. The van der Waals surface area contributed by atoms with Crippen LogP contribution in [0, 0.1) is 0 Å². The molecule has 6 heteroatoms. The zero-order valence-corrected chi connectivity index (χ0v) is 14.0. The topological polar surface area (TPSA) is 62.8 Å². The van der Waals surface area contributed by atoms with Crippen LogP contribution in [0.15, 0.2) is 42.6 Å². The summed E-state index contributed by atoms with van der Waals surface area (Å²) in [6.07, 6.45) is 1.83. The van der Waals surface area contributed by atoms with Gasteiger partial charge in [-0.3, -0.25) is 0 Å².